The van der Waals surface area contributed by atoms with Crippen LogP contribution in [0.5, 0.6) is 11.5 Å². The Bertz CT molecular complexity index is 1410. The number of carboxylic acids is 2. The lowest BCUT2D eigenvalue weighted by atomic mass is 9.71. The Hall–Kier alpha value is -4.45. The highest BCUT2D eigenvalue weighted by Crippen LogP contribution is 2.48. The normalized spacial score (nSPS) is 14.0. The highest BCUT2D eigenvalue weighted by molar-refractivity contribution is 5.88. The van der Waals surface area contributed by atoms with Crippen LogP contribution in [0.3, 0.4) is 0 Å². The lowest BCUT2D eigenvalue weighted by Crippen LogP contribution is -2.46. The number of carbonyl (C=O) groups excluding carboxylic acids is 1. The lowest BCUT2D eigenvalue weighted by molar-refractivity contribution is -0.177. The zero-order valence-electron chi connectivity index (χ0n) is 28.4. The third kappa shape index (κ3) is 10.5. The Morgan fingerprint density at radius 3 is 1.81 bits per heavy atom. The van der Waals surface area contributed by atoms with Crippen LogP contribution in [0.25, 0.3) is 0 Å². The average molecular weight is 668 g/mol. The van der Waals surface area contributed by atoms with Gasteiger partial charge >= 0.3 is 17.9 Å². The summed E-state index contributed by atoms with van der Waals surface area (Å²) in [4.78, 5) is 39.3. The molecular formula is C37H49NO10. The van der Waals surface area contributed by atoms with Crippen molar-refractivity contribution in [3.05, 3.63) is 95.6 Å². The number of aliphatic hydroxyl groups excluding tert-OH is 1. The summed E-state index contributed by atoms with van der Waals surface area (Å²) in [6.07, 6.45) is -1.77. The number of benzene rings is 3. The van der Waals surface area contributed by atoms with E-state index in [2.05, 4.69) is 18.7 Å². The number of esters is 1. The van der Waals surface area contributed by atoms with Crippen LogP contribution < -0.4 is 9.47 Å². The predicted octanol–water partition coefficient (Wildman–Crippen LogP) is 5.08. The van der Waals surface area contributed by atoms with Gasteiger partial charge in [0.25, 0.3) is 0 Å². The largest absolute Gasteiger partial charge is 0.497 e. The van der Waals surface area contributed by atoms with E-state index in [-0.39, 0.29) is 6.61 Å². The van der Waals surface area contributed by atoms with Gasteiger partial charge in [-0.1, -0.05) is 75.4 Å². The molecule has 3 rings (SSSR count). The topological polar surface area (TPSA) is 163 Å². The van der Waals surface area contributed by atoms with Gasteiger partial charge in [0.15, 0.2) is 11.2 Å². The number of likely N-dealkylation sites (N-methyl/N-ethyl adjacent to an activating group) is 1. The van der Waals surface area contributed by atoms with Gasteiger partial charge in [0, 0.05) is 30.2 Å². The van der Waals surface area contributed by atoms with E-state index in [9.17, 15) is 29.7 Å². The molecule has 262 valence electrons. The standard InChI is InChI=1S/C35H43NO9.C2H6O/c1-5-30(25-13-17-28(43-4)18-14-25)35(26-11-9-8-10-12-26,45-32(39)24-34(42,33(40)41)23-31(37)38)27-15-19-29(20-16-27)44-22-21-36(6-2)7-3;1-2-3/h8-20,30,42H,5-7,21-24H2,1-4H3,(H,37,38)(H,40,41);3H,2H2,1H3. The maximum absolute atomic E-state index is 13.7. The van der Waals surface area contributed by atoms with Gasteiger partial charge < -0.3 is 39.5 Å². The summed E-state index contributed by atoms with van der Waals surface area (Å²) in [6.45, 7) is 11.1. The summed E-state index contributed by atoms with van der Waals surface area (Å²) in [7, 11) is 1.56. The first-order valence-electron chi connectivity index (χ1n) is 16.1. The van der Waals surface area contributed by atoms with Crippen molar-refractivity contribution in [2.24, 2.45) is 0 Å². The summed E-state index contributed by atoms with van der Waals surface area (Å²) in [6, 6.07) is 23.6. The van der Waals surface area contributed by atoms with Crippen LogP contribution in [0.4, 0.5) is 0 Å². The zero-order valence-corrected chi connectivity index (χ0v) is 28.4. The second-order valence-corrected chi connectivity index (χ2v) is 11.1. The molecule has 3 aromatic carbocycles. The third-order valence-electron chi connectivity index (χ3n) is 8.03. The molecule has 0 aliphatic carbocycles. The van der Waals surface area contributed by atoms with Crippen molar-refractivity contribution >= 4 is 17.9 Å². The molecule has 0 aromatic heterocycles. The number of nitrogens with zero attached hydrogens (tertiary/aromatic N) is 1. The zero-order chi connectivity index (χ0) is 35.7. The quantitative estimate of drug-likeness (QED) is 0.134. The Labute approximate surface area is 282 Å². The fraction of sp³-hybridized carbons (Fsp3) is 0.432. The van der Waals surface area contributed by atoms with Gasteiger partial charge in [0.05, 0.1) is 20.0 Å². The highest BCUT2D eigenvalue weighted by Gasteiger charge is 2.48. The van der Waals surface area contributed by atoms with E-state index in [1.54, 1.807) is 62.6 Å². The number of aliphatic hydroxyl groups is 2. The molecule has 0 saturated heterocycles. The summed E-state index contributed by atoms with van der Waals surface area (Å²) < 4.78 is 17.7. The van der Waals surface area contributed by atoms with Gasteiger partial charge in [0.2, 0.25) is 0 Å². The molecule has 3 atom stereocenters. The fourth-order valence-corrected chi connectivity index (χ4v) is 5.59. The number of aliphatic carboxylic acids is 2. The SMILES string of the molecule is CCC(c1ccc(OC)cc1)C(OC(=O)CC(O)(CC(=O)O)C(=O)O)(c1ccccc1)c1ccc(OCCN(CC)CC)cc1.CCO. The van der Waals surface area contributed by atoms with Crippen LogP contribution in [0.15, 0.2) is 78.9 Å². The third-order valence-corrected chi connectivity index (χ3v) is 8.03. The van der Waals surface area contributed by atoms with Crippen molar-refractivity contribution in [3.8, 4) is 11.5 Å². The number of ether oxygens (including phenoxy) is 3. The number of hydrogen-bond donors (Lipinski definition) is 4. The highest BCUT2D eigenvalue weighted by atomic mass is 16.6. The van der Waals surface area contributed by atoms with E-state index in [1.807, 2.05) is 37.3 Å². The Kier molecular flexibility index (Phi) is 16.0. The molecule has 11 nitrogen and oxygen atoms in total. The number of rotatable bonds is 18. The van der Waals surface area contributed by atoms with E-state index < -0.39 is 47.9 Å². The van der Waals surface area contributed by atoms with Gasteiger partial charge in [-0.25, -0.2) is 4.79 Å². The first-order valence-corrected chi connectivity index (χ1v) is 16.1. The van der Waals surface area contributed by atoms with E-state index in [1.165, 1.54) is 0 Å². The van der Waals surface area contributed by atoms with Crippen molar-refractivity contribution in [3.63, 3.8) is 0 Å². The second-order valence-electron chi connectivity index (χ2n) is 11.1. The van der Waals surface area contributed by atoms with Gasteiger partial charge in [-0.3, -0.25) is 9.59 Å². The maximum atomic E-state index is 13.7. The molecule has 48 heavy (non-hydrogen) atoms. The molecule has 3 unspecified atom stereocenters. The smallest absolute Gasteiger partial charge is 0.336 e. The lowest BCUT2D eigenvalue weighted by Gasteiger charge is -2.42. The molecule has 11 heteroatoms. The fourth-order valence-electron chi connectivity index (χ4n) is 5.59. The van der Waals surface area contributed by atoms with Gasteiger partial charge in [0.1, 0.15) is 18.1 Å². The van der Waals surface area contributed by atoms with Gasteiger partial charge in [-0.2, -0.15) is 0 Å². The minimum absolute atomic E-state index is 0.250. The van der Waals surface area contributed by atoms with E-state index >= 15 is 0 Å². The van der Waals surface area contributed by atoms with Gasteiger partial charge in [-0.15, -0.1) is 0 Å². The molecule has 0 bridgehead atoms. The van der Waals surface area contributed by atoms with Crippen molar-refractivity contribution in [1.82, 2.24) is 4.90 Å². The monoisotopic (exact) mass is 667 g/mol. The summed E-state index contributed by atoms with van der Waals surface area (Å²) in [5, 5.41) is 37.2. The van der Waals surface area contributed by atoms with Crippen molar-refractivity contribution in [2.45, 2.75) is 64.1 Å². The molecule has 0 aliphatic rings. The minimum Gasteiger partial charge on any atom is -0.497 e. The molecule has 0 fully saturated rings. The van der Waals surface area contributed by atoms with Crippen molar-refractivity contribution < 1.29 is 49.0 Å². The Balaban J connectivity index is 0.00000257. The van der Waals surface area contributed by atoms with E-state index in [0.29, 0.717) is 35.7 Å². The number of hydrogen-bond acceptors (Lipinski definition) is 9. The Morgan fingerprint density at radius 2 is 1.33 bits per heavy atom. The van der Waals surface area contributed by atoms with Crippen LogP contribution in [0.2, 0.25) is 0 Å². The average Bonchev–Trinajstić information content (AvgIpc) is 3.07. The molecule has 0 radical (unpaired) electrons. The Morgan fingerprint density at radius 1 is 0.792 bits per heavy atom. The van der Waals surface area contributed by atoms with Gasteiger partial charge in [-0.05, 0) is 56.3 Å². The molecule has 0 spiro atoms. The summed E-state index contributed by atoms with van der Waals surface area (Å²) >= 11 is 0. The first kappa shape index (κ1) is 39.7. The molecule has 3 aromatic rings. The minimum atomic E-state index is -2.87. The summed E-state index contributed by atoms with van der Waals surface area (Å²) in [5.74, 6) is -3.71. The molecular weight excluding hydrogens is 618 g/mol. The van der Waals surface area contributed by atoms with Crippen LogP contribution in [0, 0.1) is 0 Å². The van der Waals surface area contributed by atoms with Crippen LogP contribution >= 0.6 is 0 Å². The second kappa shape index (κ2) is 19.4. The van der Waals surface area contributed by atoms with Crippen LogP contribution in [-0.4, -0.2) is 88.8 Å². The molecule has 4 N–H and O–H groups in total. The van der Waals surface area contributed by atoms with Crippen molar-refractivity contribution in [2.75, 3.05) is 40.0 Å². The number of carboxylic acid groups (broad SMARTS) is 2. The van der Waals surface area contributed by atoms with E-state index in [0.717, 1.165) is 25.2 Å². The predicted molar refractivity (Wildman–Crippen MR) is 181 cm³/mol. The first-order chi connectivity index (χ1) is 22.9. The van der Waals surface area contributed by atoms with Crippen LogP contribution in [0.1, 0.15) is 69.6 Å². The molecule has 0 heterocycles. The number of methoxy groups -OCH3 is 1. The van der Waals surface area contributed by atoms with Crippen LogP contribution in [-0.2, 0) is 24.7 Å². The maximum Gasteiger partial charge on any atom is 0.336 e. The molecule has 0 amide bonds. The van der Waals surface area contributed by atoms with E-state index in [4.69, 9.17) is 19.3 Å². The number of carbonyl (C=O) groups is 3. The molecule has 0 aliphatic heterocycles. The van der Waals surface area contributed by atoms with Crippen molar-refractivity contribution in [1.29, 1.82) is 0 Å². The summed E-state index contributed by atoms with van der Waals surface area (Å²) in [5.41, 5.74) is -2.38. The molecule has 0 saturated carbocycles.